The average molecular weight is 367 g/mol. The standard InChI is InChI=1S/C19H27F2N3O2/c1-3-19(8-9-19)23-15(25)14(12-17(2,20)21)22-16(26)24-11-10-18(13-24)6-4-5-7-18/h1,14H,4-13H2,2H3,(H,22,26)(H,23,25)/t14-/m0/s1. The van der Waals surface area contributed by atoms with Crippen LogP contribution in [0.15, 0.2) is 0 Å². The van der Waals surface area contributed by atoms with Crippen LogP contribution in [0, 0.1) is 17.8 Å². The van der Waals surface area contributed by atoms with E-state index >= 15 is 0 Å². The molecule has 0 aromatic rings. The maximum Gasteiger partial charge on any atom is 0.318 e. The summed E-state index contributed by atoms with van der Waals surface area (Å²) < 4.78 is 27.1. The zero-order chi connectivity index (χ0) is 19.0. The Morgan fingerprint density at radius 3 is 2.42 bits per heavy atom. The van der Waals surface area contributed by atoms with Crippen molar-refractivity contribution in [3.05, 3.63) is 0 Å². The minimum absolute atomic E-state index is 0.186. The molecule has 1 spiro atoms. The first-order valence-corrected chi connectivity index (χ1v) is 9.39. The van der Waals surface area contributed by atoms with Crippen molar-refractivity contribution in [2.45, 2.75) is 75.8 Å². The fraction of sp³-hybridized carbons (Fsp3) is 0.789. The Balaban J connectivity index is 1.62. The lowest BCUT2D eigenvalue weighted by atomic mass is 9.86. The zero-order valence-corrected chi connectivity index (χ0v) is 15.2. The van der Waals surface area contributed by atoms with Crippen LogP contribution in [0.25, 0.3) is 0 Å². The second kappa shape index (κ2) is 6.71. The number of carbonyl (C=O) groups is 2. The van der Waals surface area contributed by atoms with Gasteiger partial charge in [0.2, 0.25) is 11.8 Å². The molecule has 144 valence electrons. The van der Waals surface area contributed by atoms with Crippen LogP contribution >= 0.6 is 0 Å². The number of hydrogen-bond donors (Lipinski definition) is 2. The van der Waals surface area contributed by atoms with Crippen molar-refractivity contribution in [2.75, 3.05) is 13.1 Å². The number of urea groups is 1. The minimum atomic E-state index is -3.07. The fourth-order valence-electron chi connectivity index (χ4n) is 4.20. The van der Waals surface area contributed by atoms with Gasteiger partial charge < -0.3 is 15.5 Å². The predicted molar refractivity (Wildman–Crippen MR) is 93.6 cm³/mol. The van der Waals surface area contributed by atoms with Crippen LogP contribution < -0.4 is 10.6 Å². The van der Waals surface area contributed by atoms with Gasteiger partial charge in [-0.1, -0.05) is 18.8 Å². The molecule has 3 fully saturated rings. The second-order valence-electron chi connectivity index (χ2n) is 8.37. The molecule has 0 radical (unpaired) electrons. The predicted octanol–water partition coefficient (Wildman–Crippen LogP) is 2.66. The van der Waals surface area contributed by atoms with Gasteiger partial charge >= 0.3 is 6.03 Å². The van der Waals surface area contributed by atoms with Crippen LogP contribution in [0.2, 0.25) is 0 Å². The molecule has 0 aromatic heterocycles. The summed E-state index contributed by atoms with van der Waals surface area (Å²) in [5, 5.41) is 5.17. The Labute approximate surface area is 153 Å². The van der Waals surface area contributed by atoms with Gasteiger partial charge in [0.15, 0.2) is 0 Å². The molecule has 2 saturated carbocycles. The van der Waals surface area contributed by atoms with Crippen LogP contribution in [0.3, 0.4) is 0 Å². The first-order chi connectivity index (χ1) is 12.2. The molecule has 0 aromatic carbocycles. The van der Waals surface area contributed by atoms with Gasteiger partial charge in [-0.3, -0.25) is 4.79 Å². The summed E-state index contributed by atoms with van der Waals surface area (Å²) in [6.45, 7) is 2.00. The number of halogens is 2. The summed E-state index contributed by atoms with van der Waals surface area (Å²) in [5.41, 5.74) is -0.546. The van der Waals surface area contributed by atoms with Gasteiger partial charge in [0.25, 0.3) is 0 Å². The van der Waals surface area contributed by atoms with E-state index in [1.807, 2.05) is 0 Å². The van der Waals surface area contributed by atoms with Crippen molar-refractivity contribution in [1.29, 1.82) is 0 Å². The molecule has 1 atom stereocenters. The minimum Gasteiger partial charge on any atom is -0.338 e. The normalized spacial score (nSPS) is 24.2. The molecule has 2 aliphatic carbocycles. The molecule has 5 nitrogen and oxygen atoms in total. The van der Waals surface area contributed by atoms with E-state index < -0.39 is 35.9 Å². The van der Waals surface area contributed by atoms with Gasteiger partial charge in [0.05, 0.1) is 0 Å². The molecular formula is C19H27F2N3O2. The molecule has 3 rings (SSSR count). The molecule has 1 heterocycles. The maximum atomic E-state index is 13.5. The Bertz CT molecular complexity index is 613. The van der Waals surface area contributed by atoms with Gasteiger partial charge in [0, 0.05) is 19.5 Å². The number of nitrogens with zero attached hydrogens (tertiary/aromatic N) is 1. The highest BCUT2D eigenvalue weighted by Gasteiger charge is 2.46. The summed E-state index contributed by atoms with van der Waals surface area (Å²) in [7, 11) is 0. The maximum absolute atomic E-state index is 13.5. The molecular weight excluding hydrogens is 340 g/mol. The van der Waals surface area contributed by atoms with Gasteiger partial charge in [0.1, 0.15) is 11.6 Å². The Hall–Kier alpha value is -1.84. The Morgan fingerprint density at radius 1 is 1.23 bits per heavy atom. The lowest BCUT2D eigenvalue weighted by Crippen LogP contribution is -2.54. The van der Waals surface area contributed by atoms with Crippen LogP contribution in [-0.4, -0.2) is 47.4 Å². The summed E-state index contributed by atoms with van der Waals surface area (Å²) in [6.07, 6.45) is 11.4. The number of alkyl halides is 2. The molecule has 7 heteroatoms. The second-order valence-corrected chi connectivity index (χ2v) is 8.37. The number of rotatable bonds is 5. The lowest BCUT2D eigenvalue weighted by Gasteiger charge is -2.27. The number of carbonyl (C=O) groups excluding carboxylic acids is 2. The smallest absolute Gasteiger partial charge is 0.318 e. The third-order valence-corrected chi connectivity index (χ3v) is 5.96. The van der Waals surface area contributed by atoms with Crippen molar-refractivity contribution in [3.8, 4) is 12.3 Å². The molecule has 0 unspecified atom stereocenters. The number of amides is 3. The van der Waals surface area contributed by atoms with Crippen LogP contribution in [-0.2, 0) is 4.79 Å². The summed E-state index contributed by atoms with van der Waals surface area (Å²) in [6, 6.07) is -1.74. The molecule has 1 saturated heterocycles. The van der Waals surface area contributed by atoms with Crippen molar-refractivity contribution in [1.82, 2.24) is 15.5 Å². The van der Waals surface area contributed by atoms with Crippen LogP contribution in [0.1, 0.15) is 58.3 Å². The highest BCUT2D eigenvalue weighted by molar-refractivity contribution is 5.88. The monoisotopic (exact) mass is 367 g/mol. The van der Waals surface area contributed by atoms with E-state index in [-0.39, 0.29) is 5.41 Å². The highest BCUT2D eigenvalue weighted by atomic mass is 19.3. The van der Waals surface area contributed by atoms with Crippen LogP contribution in [0.5, 0.6) is 0 Å². The average Bonchev–Trinajstić information content (AvgIpc) is 3.00. The molecule has 3 aliphatic rings. The summed E-state index contributed by atoms with van der Waals surface area (Å²) in [5.74, 6) is -1.20. The van der Waals surface area contributed by atoms with Gasteiger partial charge in [-0.15, -0.1) is 6.42 Å². The fourth-order valence-corrected chi connectivity index (χ4v) is 4.20. The van der Waals surface area contributed by atoms with Crippen molar-refractivity contribution in [2.24, 2.45) is 5.41 Å². The van der Waals surface area contributed by atoms with Gasteiger partial charge in [-0.2, -0.15) is 0 Å². The van der Waals surface area contributed by atoms with E-state index in [1.54, 1.807) is 4.90 Å². The summed E-state index contributed by atoms with van der Waals surface area (Å²) in [4.78, 5) is 26.7. The summed E-state index contributed by atoms with van der Waals surface area (Å²) >= 11 is 0. The zero-order valence-electron chi connectivity index (χ0n) is 15.2. The van der Waals surface area contributed by atoms with E-state index in [1.165, 1.54) is 12.8 Å². The third kappa shape index (κ3) is 4.28. The number of likely N-dealkylation sites (tertiary alicyclic amines) is 1. The van der Waals surface area contributed by atoms with E-state index in [9.17, 15) is 18.4 Å². The first kappa shape index (κ1) is 18.9. The van der Waals surface area contributed by atoms with Gasteiger partial charge in [-0.05, 0) is 44.4 Å². The highest BCUT2D eigenvalue weighted by Crippen LogP contribution is 2.45. The van der Waals surface area contributed by atoms with E-state index in [4.69, 9.17) is 6.42 Å². The van der Waals surface area contributed by atoms with Crippen molar-refractivity contribution < 1.29 is 18.4 Å². The Morgan fingerprint density at radius 2 is 1.88 bits per heavy atom. The molecule has 3 amide bonds. The molecule has 26 heavy (non-hydrogen) atoms. The SMILES string of the molecule is C#CC1(NC(=O)[C@H](CC(C)(F)F)NC(=O)N2CCC3(CCCC3)C2)CC1. The molecule has 2 N–H and O–H groups in total. The van der Waals surface area contributed by atoms with Crippen molar-refractivity contribution >= 4 is 11.9 Å². The topological polar surface area (TPSA) is 61.4 Å². The largest absolute Gasteiger partial charge is 0.338 e. The van der Waals surface area contributed by atoms with Crippen LogP contribution in [0.4, 0.5) is 13.6 Å². The number of hydrogen-bond acceptors (Lipinski definition) is 2. The van der Waals surface area contributed by atoms with E-state index in [2.05, 4.69) is 16.6 Å². The lowest BCUT2D eigenvalue weighted by molar-refractivity contribution is -0.126. The van der Waals surface area contributed by atoms with E-state index in [0.29, 0.717) is 25.9 Å². The quantitative estimate of drug-likeness (QED) is 0.734. The molecule has 1 aliphatic heterocycles. The van der Waals surface area contributed by atoms with E-state index in [0.717, 1.165) is 26.2 Å². The third-order valence-electron chi connectivity index (χ3n) is 5.96. The van der Waals surface area contributed by atoms with Gasteiger partial charge in [-0.25, -0.2) is 13.6 Å². The number of terminal acetylenes is 1. The van der Waals surface area contributed by atoms with Crippen molar-refractivity contribution in [3.63, 3.8) is 0 Å². The number of nitrogens with one attached hydrogen (secondary N) is 2. The Kier molecular flexibility index (Phi) is 4.89. The molecule has 0 bridgehead atoms. The first-order valence-electron chi connectivity index (χ1n) is 9.39.